The first kappa shape index (κ1) is 11.2. The fourth-order valence-electron chi connectivity index (χ4n) is 1.50. The molecular formula is C12H22N2+2. The van der Waals surface area contributed by atoms with Gasteiger partial charge in [-0.15, -0.1) is 0 Å². The van der Waals surface area contributed by atoms with Crippen molar-refractivity contribution in [2.75, 3.05) is 34.2 Å². The van der Waals surface area contributed by atoms with Crippen LogP contribution in [0.1, 0.15) is 5.56 Å². The van der Waals surface area contributed by atoms with Gasteiger partial charge in [0.15, 0.2) is 0 Å². The molecule has 0 aromatic heterocycles. The molecule has 0 spiro atoms. The Kier molecular flexibility index (Phi) is 4.63. The zero-order valence-corrected chi connectivity index (χ0v) is 9.51. The summed E-state index contributed by atoms with van der Waals surface area (Å²) in [7, 11) is 6.67. The van der Waals surface area contributed by atoms with Gasteiger partial charge in [0.2, 0.25) is 0 Å². The van der Waals surface area contributed by atoms with Gasteiger partial charge >= 0.3 is 0 Å². The third-order valence-electron chi connectivity index (χ3n) is 2.40. The number of hydrogen-bond donors (Lipinski definition) is 2. The molecule has 0 saturated heterocycles. The van der Waals surface area contributed by atoms with Crippen LogP contribution in [0.2, 0.25) is 0 Å². The summed E-state index contributed by atoms with van der Waals surface area (Å²) in [5.74, 6) is 0. The Balaban J connectivity index is 2.30. The van der Waals surface area contributed by atoms with Crippen molar-refractivity contribution < 1.29 is 9.80 Å². The molecule has 1 aromatic rings. The molecule has 2 nitrogen and oxygen atoms in total. The summed E-state index contributed by atoms with van der Waals surface area (Å²) in [5.41, 5.74) is 1.43. The quantitative estimate of drug-likeness (QED) is 0.585. The van der Waals surface area contributed by atoms with E-state index in [4.69, 9.17) is 0 Å². The molecule has 0 aliphatic heterocycles. The Labute approximate surface area is 87.1 Å². The highest BCUT2D eigenvalue weighted by Gasteiger charge is 2.04. The molecule has 0 fully saturated rings. The van der Waals surface area contributed by atoms with E-state index in [9.17, 15) is 0 Å². The van der Waals surface area contributed by atoms with E-state index in [1.54, 1.807) is 4.90 Å². The maximum absolute atomic E-state index is 2.26. The Morgan fingerprint density at radius 3 is 2.14 bits per heavy atom. The summed E-state index contributed by atoms with van der Waals surface area (Å²) in [6.45, 7) is 3.60. The molecule has 78 valence electrons. The van der Waals surface area contributed by atoms with E-state index < -0.39 is 0 Å². The largest absolute Gasteiger partial charge is 0.335 e. The Morgan fingerprint density at radius 1 is 0.929 bits per heavy atom. The van der Waals surface area contributed by atoms with Crippen LogP contribution in [0.4, 0.5) is 0 Å². The summed E-state index contributed by atoms with van der Waals surface area (Å²) >= 11 is 0. The van der Waals surface area contributed by atoms with Gasteiger partial charge in [0.05, 0.1) is 21.1 Å². The Hall–Kier alpha value is -0.860. The molecule has 14 heavy (non-hydrogen) atoms. The zero-order chi connectivity index (χ0) is 10.4. The number of likely N-dealkylation sites (N-methyl/N-ethyl adjacent to an activating group) is 2. The highest BCUT2D eigenvalue weighted by Crippen LogP contribution is 1.94. The zero-order valence-electron chi connectivity index (χ0n) is 9.51. The van der Waals surface area contributed by atoms with Crippen LogP contribution in [-0.4, -0.2) is 34.2 Å². The molecule has 1 unspecified atom stereocenters. The van der Waals surface area contributed by atoms with Gasteiger partial charge in [-0.25, -0.2) is 0 Å². The lowest BCUT2D eigenvalue weighted by molar-refractivity contribution is -0.937. The molecule has 2 heteroatoms. The fourth-order valence-corrected chi connectivity index (χ4v) is 1.50. The van der Waals surface area contributed by atoms with Crippen molar-refractivity contribution in [1.82, 2.24) is 0 Å². The second-order valence-electron chi connectivity index (χ2n) is 4.33. The fraction of sp³-hybridized carbons (Fsp3) is 0.500. The van der Waals surface area contributed by atoms with Crippen LogP contribution in [-0.2, 0) is 6.54 Å². The van der Waals surface area contributed by atoms with E-state index in [2.05, 4.69) is 51.5 Å². The predicted octanol–water partition coefficient (Wildman–Crippen LogP) is -1.15. The molecule has 1 aromatic carbocycles. The third kappa shape index (κ3) is 4.40. The number of quaternary nitrogens is 2. The van der Waals surface area contributed by atoms with E-state index in [-0.39, 0.29) is 0 Å². The number of rotatable bonds is 5. The van der Waals surface area contributed by atoms with Gasteiger partial charge in [-0.3, -0.25) is 0 Å². The molecule has 0 saturated carbocycles. The first-order chi connectivity index (χ1) is 6.68. The summed E-state index contributed by atoms with van der Waals surface area (Å²) < 4.78 is 0. The highest BCUT2D eigenvalue weighted by atomic mass is 15.1. The molecule has 1 rings (SSSR count). The van der Waals surface area contributed by atoms with Crippen molar-refractivity contribution in [1.29, 1.82) is 0 Å². The van der Waals surface area contributed by atoms with Gasteiger partial charge in [-0.05, 0) is 0 Å². The summed E-state index contributed by atoms with van der Waals surface area (Å²) in [4.78, 5) is 3.11. The minimum absolute atomic E-state index is 1.13. The predicted molar refractivity (Wildman–Crippen MR) is 59.6 cm³/mol. The molecule has 2 N–H and O–H groups in total. The molecule has 0 amide bonds. The van der Waals surface area contributed by atoms with Crippen LogP contribution in [0, 0.1) is 0 Å². The summed E-state index contributed by atoms with van der Waals surface area (Å²) in [6, 6.07) is 10.7. The minimum atomic E-state index is 1.13. The van der Waals surface area contributed by atoms with Crippen molar-refractivity contribution in [3.8, 4) is 0 Å². The lowest BCUT2D eigenvalue weighted by Crippen LogP contribution is -3.15. The number of hydrogen-bond acceptors (Lipinski definition) is 0. The van der Waals surface area contributed by atoms with Gasteiger partial charge < -0.3 is 9.80 Å². The molecule has 0 bridgehead atoms. The van der Waals surface area contributed by atoms with E-state index in [0.29, 0.717) is 0 Å². The lowest BCUT2D eigenvalue weighted by Gasteiger charge is -2.15. The van der Waals surface area contributed by atoms with E-state index in [1.807, 2.05) is 0 Å². The van der Waals surface area contributed by atoms with Gasteiger partial charge in [-0.1, -0.05) is 30.3 Å². The van der Waals surface area contributed by atoms with Crippen LogP contribution in [0.25, 0.3) is 0 Å². The normalized spacial score (nSPS) is 13.1. The van der Waals surface area contributed by atoms with Gasteiger partial charge in [0, 0.05) is 5.56 Å². The standard InChI is InChI=1S/C12H20N2/c1-13(2)9-10-14(3)11-12-7-5-4-6-8-12/h4-8H,9-11H2,1-3H3/p+2. The van der Waals surface area contributed by atoms with Crippen LogP contribution in [0.3, 0.4) is 0 Å². The van der Waals surface area contributed by atoms with Crippen molar-refractivity contribution in [2.24, 2.45) is 0 Å². The molecule has 0 aliphatic rings. The van der Waals surface area contributed by atoms with Crippen molar-refractivity contribution in [3.63, 3.8) is 0 Å². The SMILES string of the molecule is C[NH+](C)CC[NH+](C)Cc1ccccc1. The molecule has 0 aliphatic carbocycles. The van der Waals surface area contributed by atoms with Gasteiger partial charge in [-0.2, -0.15) is 0 Å². The number of nitrogens with one attached hydrogen (secondary N) is 2. The van der Waals surface area contributed by atoms with E-state index in [1.165, 1.54) is 23.6 Å². The molecular weight excluding hydrogens is 172 g/mol. The lowest BCUT2D eigenvalue weighted by atomic mass is 10.2. The smallest absolute Gasteiger partial charge is 0.127 e. The highest BCUT2D eigenvalue weighted by molar-refractivity contribution is 5.13. The second-order valence-corrected chi connectivity index (χ2v) is 4.33. The first-order valence-corrected chi connectivity index (χ1v) is 5.32. The Morgan fingerprint density at radius 2 is 1.57 bits per heavy atom. The molecule has 0 heterocycles. The van der Waals surface area contributed by atoms with Gasteiger partial charge in [0.1, 0.15) is 19.6 Å². The third-order valence-corrected chi connectivity index (χ3v) is 2.40. The Bertz CT molecular complexity index is 244. The molecule has 0 radical (unpaired) electrons. The van der Waals surface area contributed by atoms with Crippen LogP contribution in [0.5, 0.6) is 0 Å². The van der Waals surface area contributed by atoms with Crippen molar-refractivity contribution in [3.05, 3.63) is 35.9 Å². The molecule has 1 atom stereocenters. The second kappa shape index (κ2) is 5.78. The van der Waals surface area contributed by atoms with Crippen molar-refractivity contribution in [2.45, 2.75) is 6.54 Å². The number of benzene rings is 1. The summed E-state index contributed by atoms with van der Waals surface area (Å²) in [6.07, 6.45) is 0. The average Bonchev–Trinajstić information content (AvgIpc) is 2.16. The monoisotopic (exact) mass is 194 g/mol. The van der Waals surface area contributed by atoms with Crippen LogP contribution >= 0.6 is 0 Å². The summed E-state index contributed by atoms with van der Waals surface area (Å²) in [5, 5.41) is 0. The topological polar surface area (TPSA) is 8.88 Å². The van der Waals surface area contributed by atoms with Crippen molar-refractivity contribution >= 4 is 0 Å². The first-order valence-electron chi connectivity index (χ1n) is 5.32. The van der Waals surface area contributed by atoms with Crippen LogP contribution < -0.4 is 9.80 Å². The maximum atomic E-state index is 2.26. The minimum Gasteiger partial charge on any atom is -0.335 e. The maximum Gasteiger partial charge on any atom is 0.127 e. The van der Waals surface area contributed by atoms with Crippen LogP contribution in [0.15, 0.2) is 30.3 Å². The van der Waals surface area contributed by atoms with Gasteiger partial charge in [0.25, 0.3) is 0 Å². The van der Waals surface area contributed by atoms with E-state index >= 15 is 0 Å². The van der Waals surface area contributed by atoms with E-state index in [0.717, 1.165) is 6.54 Å². The average molecular weight is 194 g/mol.